The number of hydrogen-bond acceptors (Lipinski definition) is 5. The van der Waals surface area contributed by atoms with Crippen molar-refractivity contribution in [3.8, 4) is 0 Å². The van der Waals surface area contributed by atoms with E-state index in [-0.39, 0.29) is 18.4 Å². The van der Waals surface area contributed by atoms with Crippen molar-refractivity contribution in [1.82, 2.24) is 9.55 Å². The van der Waals surface area contributed by atoms with E-state index < -0.39 is 6.04 Å². The minimum absolute atomic E-state index is 0.290. The third-order valence-corrected chi connectivity index (χ3v) is 4.94. The molecule has 0 saturated carbocycles. The largest absolute Gasteiger partial charge is 0.463 e. The first-order valence-electron chi connectivity index (χ1n) is 7.94. The van der Waals surface area contributed by atoms with Crippen molar-refractivity contribution in [3.63, 3.8) is 0 Å². The van der Waals surface area contributed by atoms with Crippen molar-refractivity contribution in [1.29, 1.82) is 0 Å². The van der Waals surface area contributed by atoms with Gasteiger partial charge in [-0.25, -0.2) is 14.2 Å². The zero-order valence-electron chi connectivity index (χ0n) is 13.7. The summed E-state index contributed by atoms with van der Waals surface area (Å²) in [5.74, 6) is -0.141. The number of halogens is 1. The van der Waals surface area contributed by atoms with Crippen LogP contribution in [-0.2, 0) is 9.53 Å². The maximum Gasteiger partial charge on any atom is 0.338 e. The third kappa shape index (κ3) is 2.51. The minimum atomic E-state index is -0.409. The Labute approximate surface area is 147 Å². The highest BCUT2D eigenvalue weighted by Crippen LogP contribution is 2.40. The highest BCUT2D eigenvalue weighted by molar-refractivity contribution is 7.08. The smallest absolute Gasteiger partial charge is 0.338 e. The molecule has 1 N–H and O–H groups in total. The van der Waals surface area contributed by atoms with Gasteiger partial charge in [-0.3, -0.25) is 4.57 Å². The van der Waals surface area contributed by atoms with Gasteiger partial charge in [-0.05, 0) is 54.4 Å². The van der Waals surface area contributed by atoms with Crippen LogP contribution in [0, 0.1) is 5.82 Å². The van der Waals surface area contributed by atoms with E-state index in [9.17, 15) is 9.18 Å². The molecule has 4 rings (SSSR count). The standard InChI is InChI=1S/C18H16FN3O2S/c1-3-24-17(23)15-10(2)20-18-21-13-5-4-12(19)8-14(13)22(18)16(15)11-6-7-25-9-11/h4-9,16H,3H2,1-2H3,(H,20,21). The van der Waals surface area contributed by atoms with Crippen LogP contribution in [-0.4, -0.2) is 22.1 Å². The Morgan fingerprint density at radius 3 is 3.00 bits per heavy atom. The van der Waals surface area contributed by atoms with Crippen molar-refractivity contribution in [2.45, 2.75) is 19.9 Å². The molecule has 0 radical (unpaired) electrons. The number of allylic oxidation sites excluding steroid dienone is 1. The molecule has 3 heterocycles. The fraction of sp³-hybridized carbons (Fsp3) is 0.222. The lowest BCUT2D eigenvalue weighted by atomic mass is 9.97. The first kappa shape index (κ1) is 15.8. The number of benzene rings is 1. The number of aromatic nitrogens is 2. The molecule has 0 fully saturated rings. The molecule has 7 heteroatoms. The average molecular weight is 357 g/mol. The van der Waals surface area contributed by atoms with Crippen LogP contribution in [0.5, 0.6) is 0 Å². The molecule has 0 amide bonds. The molecule has 0 saturated heterocycles. The van der Waals surface area contributed by atoms with E-state index in [4.69, 9.17) is 4.74 Å². The van der Waals surface area contributed by atoms with E-state index in [0.717, 1.165) is 5.56 Å². The van der Waals surface area contributed by atoms with Crippen molar-refractivity contribution in [2.75, 3.05) is 11.9 Å². The van der Waals surface area contributed by atoms with Gasteiger partial charge in [0, 0.05) is 5.70 Å². The fourth-order valence-electron chi connectivity index (χ4n) is 3.20. The van der Waals surface area contributed by atoms with E-state index in [0.29, 0.717) is 28.3 Å². The van der Waals surface area contributed by atoms with Crippen LogP contribution < -0.4 is 5.32 Å². The maximum absolute atomic E-state index is 13.8. The minimum Gasteiger partial charge on any atom is -0.463 e. The van der Waals surface area contributed by atoms with Crippen LogP contribution in [0.3, 0.4) is 0 Å². The Hall–Kier alpha value is -2.67. The van der Waals surface area contributed by atoms with Gasteiger partial charge in [-0.1, -0.05) is 0 Å². The third-order valence-electron chi connectivity index (χ3n) is 4.24. The second-order valence-corrected chi connectivity index (χ2v) is 6.56. The number of nitrogens with zero attached hydrogens (tertiary/aromatic N) is 2. The predicted octanol–water partition coefficient (Wildman–Crippen LogP) is 4.09. The number of rotatable bonds is 3. The quantitative estimate of drug-likeness (QED) is 0.718. The van der Waals surface area contributed by atoms with Gasteiger partial charge in [0.15, 0.2) is 0 Å². The van der Waals surface area contributed by atoms with Crippen LogP contribution in [0.2, 0.25) is 0 Å². The normalized spacial score (nSPS) is 16.7. The Morgan fingerprint density at radius 2 is 2.28 bits per heavy atom. The van der Waals surface area contributed by atoms with Crippen molar-refractivity contribution in [2.24, 2.45) is 0 Å². The number of thiophene rings is 1. The fourth-order valence-corrected chi connectivity index (χ4v) is 3.88. The van der Waals surface area contributed by atoms with Gasteiger partial charge in [0.05, 0.1) is 29.3 Å². The van der Waals surface area contributed by atoms with Crippen molar-refractivity contribution >= 4 is 34.3 Å². The van der Waals surface area contributed by atoms with E-state index in [2.05, 4.69) is 10.3 Å². The SMILES string of the molecule is CCOC(=O)C1=C(C)Nc2nc3ccc(F)cc3n2C1c1ccsc1. The summed E-state index contributed by atoms with van der Waals surface area (Å²) in [6.07, 6.45) is 0. The zero-order chi connectivity index (χ0) is 17.6. The van der Waals surface area contributed by atoms with Gasteiger partial charge in [0.25, 0.3) is 0 Å². The summed E-state index contributed by atoms with van der Waals surface area (Å²) in [4.78, 5) is 17.2. The van der Waals surface area contributed by atoms with Crippen LogP contribution in [0.4, 0.5) is 10.3 Å². The molecule has 1 aliphatic rings. The topological polar surface area (TPSA) is 56.1 Å². The molecule has 128 valence electrons. The molecule has 3 aromatic rings. The van der Waals surface area contributed by atoms with E-state index in [1.54, 1.807) is 24.3 Å². The number of anilines is 1. The Balaban J connectivity index is 1.98. The number of carbonyl (C=O) groups excluding carboxylic acids is 1. The number of hydrogen-bond donors (Lipinski definition) is 1. The Morgan fingerprint density at radius 1 is 1.44 bits per heavy atom. The summed E-state index contributed by atoms with van der Waals surface area (Å²) in [5.41, 5.74) is 3.45. The van der Waals surface area contributed by atoms with Gasteiger partial charge in [-0.2, -0.15) is 11.3 Å². The van der Waals surface area contributed by atoms with Crippen LogP contribution >= 0.6 is 11.3 Å². The molecule has 1 unspecified atom stereocenters. The van der Waals surface area contributed by atoms with Gasteiger partial charge < -0.3 is 10.1 Å². The molecule has 0 bridgehead atoms. The summed E-state index contributed by atoms with van der Waals surface area (Å²) in [7, 11) is 0. The van der Waals surface area contributed by atoms with E-state index in [1.807, 2.05) is 28.3 Å². The molecular weight excluding hydrogens is 341 g/mol. The van der Waals surface area contributed by atoms with Crippen LogP contribution in [0.1, 0.15) is 25.5 Å². The molecule has 5 nitrogen and oxygen atoms in total. The molecule has 1 aliphatic heterocycles. The van der Waals surface area contributed by atoms with E-state index >= 15 is 0 Å². The second-order valence-electron chi connectivity index (χ2n) is 5.78. The summed E-state index contributed by atoms with van der Waals surface area (Å²) in [6.45, 7) is 3.89. The Kier molecular flexibility index (Phi) is 3.80. The van der Waals surface area contributed by atoms with Gasteiger partial charge in [0.2, 0.25) is 5.95 Å². The first-order chi connectivity index (χ1) is 12.1. The predicted molar refractivity (Wildman–Crippen MR) is 95.1 cm³/mol. The number of nitrogens with one attached hydrogen (secondary N) is 1. The summed E-state index contributed by atoms with van der Waals surface area (Å²) in [5, 5.41) is 7.10. The van der Waals surface area contributed by atoms with Gasteiger partial charge in [-0.15, -0.1) is 0 Å². The van der Waals surface area contributed by atoms with E-state index in [1.165, 1.54) is 12.1 Å². The molecular formula is C18H16FN3O2S. The first-order valence-corrected chi connectivity index (χ1v) is 8.89. The highest BCUT2D eigenvalue weighted by atomic mass is 32.1. The highest BCUT2D eigenvalue weighted by Gasteiger charge is 2.35. The van der Waals surface area contributed by atoms with Crippen LogP contribution in [0.25, 0.3) is 11.0 Å². The monoisotopic (exact) mass is 357 g/mol. The zero-order valence-corrected chi connectivity index (χ0v) is 14.6. The number of fused-ring (bicyclic) bond motifs is 3. The average Bonchev–Trinajstić information content (AvgIpc) is 3.21. The lowest BCUT2D eigenvalue weighted by Crippen LogP contribution is -2.28. The second kappa shape index (κ2) is 6.00. The van der Waals surface area contributed by atoms with Crippen molar-refractivity contribution in [3.05, 3.63) is 57.7 Å². The lowest BCUT2D eigenvalue weighted by Gasteiger charge is -2.29. The van der Waals surface area contributed by atoms with Crippen LogP contribution in [0.15, 0.2) is 46.3 Å². The molecule has 25 heavy (non-hydrogen) atoms. The molecule has 0 spiro atoms. The number of carbonyl (C=O) groups is 1. The van der Waals surface area contributed by atoms with Gasteiger partial charge >= 0.3 is 5.97 Å². The molecule has 0 aliphatic carbocycles. The molecule has 2 aromatic heterocycles. The lowest BCUT2D eigenvalue weighted by molar-refractivity contribution is -0.139. The number of ether oxygens (including phenoxy) is 1. The molecule has 1 atom stereocenters. The summed E-state index contributed by atoms with van der Waals surface area (Å²) >= 11 is 1.54. The Bertz CT molecular complexity index is 991. The summed E-state index contributed by atoms with van der Waals surface area (Å²) < 4.78 is 21.0. The number of imidazole rings is 1. The van der Waals surface area contributed by atoms with Crippen molar-refractivity contribution < 1.29 is 13.9 Å². The summed E-state index contributed by atoms with van der Waals surface area (Å²) in [6, 6.07) is 6.02. The van der Waals surface area contributed by atoms with Gasteiger partial charge in [0.1, 0.15) is 5.82 Å². The molecule has 1 aromatic carbocycles. The maximum atomic E-state index is 13.8. The number of esters is 1.